The molecule has 2 unspecified atom stereocenters. The van der Waals surface area contributed by atoms with Crippen LogP contribution in [0.2, 0.25) is 0 Å². The molecule has 1 amide bonds. The van der Waals surface area contributed by atoms with Crippen molar-refractivity contribution in [2.24, 2.45) is 0 Å². The molecule has 122 valence electrons. The van der Waals surface area contributed by atoms with Gasteiger partial charge in [-0.3, -0.25) is 4.79 Å². The molecule has 0 aliphatic carbocycles. The van der Waals surface area contributed by atoms with E-state index < -0.39 is 0 Å². The third kappa shape index (κ3) is 3.73. The molecule has 0 saturated carbocycles. The van der Waals surface area contributed by atoms with E-state index in [1.807, 2.05) is 45.0 Å². The second kappa shape index (κ2) is 6.45. The molecular formula is C16H21N5O2. The van der Waals surface area contributed by atoms with Gasteiger partial charge in [-0.25, -0.2) is 0 Å². The fraction of sp³-hybridized carbons (Fsp3) is 0.500. The Bertz CT molecular complexity index is 672. The van der Waals surface area contributed by atoms with E-state index in [1.54, 1.807) is 4.90 Å². The van der Waals surface area contributed by atoms with Crippen LogP contribution in [0.3, 0.4) is 0 Å². The summed E-state index contributed by atoms with van der Waals surface area (Å²) >= 11 is 0. The van der Waals surface area contributed by atoms with Crippen molar-refractivity contribution >= 4 is 5.91 Å². The smallest absolute Gasteiger partial charge is 0.246 e. The number of carbonyl (C=O) groups is 1. The van der Waals surface area contributed by atoms with Crippen LogP contribution < -0.4 is 0 Å². The van der Waals surface area contributed by atoms with Crippen LogP contribution in [0, 0.1) is 6.92 Å². The number of rotatable bonds is 3. The molecule has 2 atom stereocenters. The van der Waals surface area contributed by atoms with E-state index in [2.05, 4.69) is 15.4 Å². The molecule has 1 aliphatic rings. The third-order valence-corrected chi connectivity index (χ3v) is 3.81. The second-order valence-corrected chi connectivity index (χ2v) is 6.07. The summed E-state index contributed by atoms with van der Waals surface area (Å²) in [7, 11) is 0. The van der Waals surface area contributed by atoms with Crippen molar-refractivity contribution in [3.63, 3.8) is 0 Å². The predicted octanol–water partition coefficient (Wildman–Crippen LogP) is 1.28. The van der Waals surface area contributed by atoms with Crippen LogP contribution in [0.5, 0.6) is 0 Å². The molecule has 3 rings (SSSR count). The number of morpholine rings is 1. The van der Waals surface area contributed by atoms with Gasteiger partial charge in [-0.2, -0.15) is 4.80 Å². The fourth-order valence-corrected chi connectivity index (χ4v) is 2.73. The van der Waals surface area contributed by atoms with Crippen molar-refractivity contribution in [1.29, 1.82) is 0 Å². The van der Waals surface area contributed by atoms with Gasteiger partial charge in [0.15, 0.2) is 0 Å². The lowest BCUT2D eigenvalue weighted by Crippen LogP contribution is -2.49. The monoisotopic (exact) mass is 315 g/mol. The minimum atomic E-state index is -0.0140. The number of hydrogen-bond acceptors (Lipinski definition) is 5. The lowest BCUT2D eigenvalue weighted by Gasteiger charge is -2.35. The fourth-order valence-electron chi connectivity index (χ4n) is 2.73. The van der Waals surface area contributed by atoms with Gasteiger partial charge in [0, 0.05) is 18.7 Å². The van der Waals surface area contributed by atoms with Crippen LogP contribution in [0.1, 0.15) is 19.4 Å². The van der Waals surface area contributed by atoms with Crippen LogP contribution in [0.25, 0.3) is 11.4 Å². The number of amides is 1. The topological polar surface area (TPSA) is 73.1 Å². The van der Waals surface area contributed by atoms with Crippen LogP contribution in [-0.2, 0) is 16.1 Å². The van der Waals surface area contributed by atoms with E-state index in [0.717, 1.165) is 5.56 Å². The van der Waals surface area contributed by atoms with Crippen molar-refractivity contribution in [2.75, 3.05) is 13.1 Å². The second-order valence-electron chi connectivity index (χ2n) is 6.07. The maximum Gasteiger partial charge on any atom is 0.246 e. The van der Waals surface area contributed by atoms with Crippen LogP contribution in [0.4, 0.5) is 0 Å². The zero-order valence-corrected chi connectivity index (χ0v) is 13.6. The molecule has 1 aromatic heterocycles. The van der Waals surface area contributed by atoms with E-state index in [-0.39, 0.29) is 24.7 Å². The van der Waals surface area contributed by atoms with Gasteiger partial charge in [-0.1, -0.05) is 29.8 Å². The molecule has 1 saturated heterocycles. The molecule has 23 heavy (non-hydrogen) atoms. The molecule has 0 N–H and O–H groups in total. The average Bonchev–Trinajstić information content (AvgIpc) is 2.95. The highest BCUT2D eigenvalue weighted by Gasteiger charge is 2.26. The van der Waals surface area contributed by atoms with Gasteiger partial charge in [-0.05, 0) is 26.0 Å². The molecule has 1 fully saturated rings. The lowest BCUT2D eigenvalue weighted by atomic mass is 10.1. The Labute approximate surface area is 135 Å². The molecule has 0 spiro atoms. The zero-order chi connectivity index (χ0) is 16.4. The molecule has 0 bridgehead atoms. The molecule has 2 heterocycles. The third-order valence-electron chi connectivity index (χ3n) is 3.81. The van der Waals surface area contributed by atoms with Gasteiger partial charge in [0.25, 0.3) is 0 Å². The number of nitrogens with zero attached hydrogens (tertiary/aromatic N) is 5. The molecule has 1 aromatic carbocycles. The van der Waals surface area contributed by atoms with Crippen LogP contribution >= 0.6 is 0 Å². The first kappa shape index (κ1) is 15.6. The van der Waals surface area contributed by atoms with Gasteiger partial charge in [0.2, 0.25) is 11.7 Å². The highest BCUT2D eigenvalue weighted by molar-refractivity contribution is 5.76. The summed E-state index contributed by atoms with van der Waals surface area (Å²) in [6, 6.07) is 7.89. The minimum absolute atomic E-state index is 0.0140. The molecule has 0 radical (unpaired) electrons. The maximum absolute atomic E-state index is 12.4. The van der Waals surface area contributed by atoms with Gasteiger partial charge >= 0.3 is 0 Å². The van der Waals surface area contributed by atoms with Gasteiger partial charge in [0.05, 0.1) is 12.2 Å². The van der Waals surface area contributed by atoms with Gasteiger partial charge < -0.3 is 9.64 Å². The van der Waals surface area contributed by atoms with Crippen molar-refractivity contribution in [2.45, 2.75) is 39.5 Å². The summed E-state index contributed by atoms with van der Waals surface area (Å²) in [4.78, 5) is 15.5. The Morgan fingerprint density at radius 2 is 1.87 bits per heavy atom. The van der Waals surface area contributed by atoms with Crippen LogP contribution in [-0.4, -0.2) is 56.3 Å². The molecule has 2 aromatic rings. The first-order chi connectivity index (χ1) is 11.0. The molecule has 1 aliphatic heterocycles. The summed E-state index contributed by atoms with van der Waals surface area (Å²) in [6.45, 7) is 7.26. The summed E-state index contributed by atoms with van der Waals surface area (Å²) in [5, 5.41) is 12.3. The number of benzene rings is 1. The number of aryl methyl sites for hydroxylation is 1. The van der Waals surface area contributed by atoms with Gasteiger partial charge in [-0.15, -0.1) is 10.2 Å². The lowest BCUT2D eigenvalue weighted by molar-refractivity contribution is -0.144. The first-order valence-electron chi connectivity index (χ1n) is 7.79. The van der Waals surface area contributed by atoms with E-state index >= 15 is 0 Å². The standard InChI is InChI=1S/C16H21N5O2/c1-11-4-6-14(7-5-11)16-17-19-21(18-16)10-15(22)20-8-12(2)23-13(3)9-20/h4-7,12-13H,8-10H2,1-3H3. The Morgan fingerprint density at radius 1 is 1.22 bits per heavy atom. The summed E-state index contributed by atoms with van der Waals surface area (Å²) < 4.78 is 5.64. The summed E-state index contributed by atoms with van der Waals surface area (Å²) in [5.41, 5.74) is 2.06. The number of aromatic nitrogens is 4. The number of ether oxygens (including phenoxy) is 1. The SMILES string of the molecule is Cc1ccc(-c2nnn(CC(=O)N3CC(C)OC(C)C3)n2)cc1. The molecule has 7 heteroatoms. The normalized spacial score (nSPS) is 21.4. The van der Waals surface area contributed by atoms with Crippen molar-refractivity contribution in [3.05, 3.63) is 29.8 Å². The average molecular weight is 315 g/mol. The van der Waals surface area contributed by atoms with E-state index in [9.17, 15) is 4.79 Å². The van der Waals surface area contributed by atoms with Crippen molar-refractivity contribution < 1.29 is 9.53 Å². The quantitative estimate of drug-likeness (QED) is 0.853. The number of tetrazole rings is 1. The number of carbonyl (C=O) groups excluding carboxylic acids is 1. The largest absolute Gasteiger partial charge is 0.372 e. The Kier molecular flexibility index (Phi) is 4.38. The van der Waals surface area contributed by atoms with Crippen molar-refractivity contribution in [3.8, 4) is 11.4 Å². The molecular weight excluding hydrogens is 294 g/mol. The van der Waals surface area contributed by atoms with E-state index in [4.69, 9.17) is 4.74 Å². The Morgan fingerprint density at radius 3 is 2.52 bits per heavy atom. The van der Waals surface area contributed by atoms with E-state index in [0.29, 0.717) is 18.9 Å². The van der Waals surface area contributed by atoms with Crippen LogP contribution in [0.15, 0.2) is 24.3 Å². The predicted molar refractivity (Wildman–Crippen MR) is 84.6 cm³/mol. The van der Waals surface area contributed by atoms with Crippen molar-refractivity contribution in [1.82, 2.24) is 25.1 Å². The van der Waals surface area contributed by atoms with E-state index in [1.165, 1.54) is 10.4 Å². The Balaban J connectivity index is 1.66. The highest BCUT2D eigenvalue weighted by atomic mass is 16.5. The number of hydrogen-bond donors (Lipinski definition) is 0. The zero-order valence-electron chi connectivity index (χ0n) is 13.6. The highest BCUT2D eigenvalue weighted by Crippen LogP contribution is 2.14. The minimum Gasteiger partial charge on any atom is -0.372 e. The summed E-state index contributed by atoms with van der Waals surface area (Å²) in [6.07, 6.45) is 0.101. The first-order valence-corrected chi connectivity index (χ1v) is 7.79. The maximum atomic E-state index is 12.4. The van der Waals surface area contributed by atoms with Gasteiger partial charge in [0.1, 0.15) is 6.54 Å². The summed E-state index contributed by atoms with van der Waals surface area (Å²) in [5.74, 6) is 0.515. The molecule has 7 nitrogen and oxygen atoms in total. The Hall–Kier alpha value is -2.28.